The Morgan fingerprint density at radius 1 is 0.833 bits per heavy atom. The number of ether oxygens (including phenoxy) is 2. The largest absolute Gasteiger partial charge is 0.448 e. The van der Waals surface area contributed by atoms with Crippen LogP contribution in [0.5, 0.6) is 0 Å². The molecule has 0 aliphatic carbocycles. The molecule has 1 unspecified atom stereocenters. The number of nitrogens with zero attached hydrogens (tertiary/aromatic N) is 2. The van der Waals surface area contributed by atoms with Crippen LogP contribution in [0, 0.1) is 26.2 Å². The van der Waals surface area contributed by atoms with Crippen LogP contribution in [0.2, 0.25) is 0 Å². The third-order valence-electron chi connectivity index (χ3n) is 7.34. The summed E-state index contributed by atoms with van der Waals surface area (Å²) < 4.78 is 11.4. The Labute approximate surface area is 366 Å². The van der Waals surface area contributed by atoms with E-state index < -0.39 is 17.6 Å². The fourth-order valence-electron chi connectivity index (χ4n) is 4.62. The second-order valence-corrected chi connectivity index (χ2v) is 11.1. The molecule has 2 radical (unpaired) electrons. The van der Waals surface area contributed by atoms with Crippen LogP contribution >= 0.6 is 0 Å². The number of carbonyl (C=O) groups is 2. The number of amides is 2. The molecule has 0 heterocycles. The Balaban J connectivity index is 0. The molecule has 0 bridgehead atoms. The third-order valence-corrected chi connectivity index (χ3v) is 7.34. The van der Waals surface area contributed by atoms with Gasteiger partial charge in [0.1, 0.15) is 26.7 Å². The van der Waals surface area contributed by atoms with Gasteiger partial charge in [0, 0.05) is 101 Å². The summed E-state index contributed by atoms with van der Waals surface area (Å²) in [7, 11) is 2.91. The van der Waals surface area contributed by atoms with Gasteiger partial charge >= 0.3 is 12.2 Å². The van der Waals surface area contributed by atoms with E-state index in [4.69, 9.17) is 19.3 Å². The summed E-state index contributed by atoms with van der Waals surface area (Å²) in [5.41, 5.74) is 6.80. The Hall–Kier alpha value is -3.56. The van der Waals surface area contributed by atoms with Crippen molar-refractivity contribution in [3.05, 3.63) is 89.1 Å². The molecule has 3 aromatic carbocycles. The number of benzene rings is 3. The summed E-state index contributed by atoms with van der Waals surface area (Å²) in [6.45, 7) is 11.3. The summed E-state index contributed by atoms with van der Waals surface area (Å²) in [6, 6.07) is 15.3. The van der Waals surface area contributed by atoms with E-state index in [2.05, 4.69) is 50.0 Å². The van der Waals surface area contributed by atoms with Crippen LogP contribution in [0.1, 0.15) is 29.7 Å². The SMILES string of the molecule is C.C=C(NOOC)C(COC(=O)Nc1ccc(C)c(N=C=O)c1)(COC(=O)Nc1ccc(C)c(NCO)c1)Cc1ccc(C)c(NCO)c1.C=NC.[Y].[Y]. The molecule has 0 aromatic heterocycles. The van der Waals surface area contributed by atoms with Crippen molar-refractivity contribution in [2.75, 3.05) is 62.1 Å². The standard InChI is InChI=1S/C33H40N6O9.C2H5N.CH4.2Y/c1-21-6-9-25(12-28(21)34-18-40)15-33(24(4)39-48-45-5,16-46-31(43)37-26-10-7-22(2)29(13-26)35-19-41)17-47-32(44)38-27-11-8-23(3)30(14-27)36-20-42;1-3-2;;;/h6-14,34-35,39-41H,4,15-19H2,1-3,5H3,(H,37,43)(H,38,44);1H2,2H3;1H4;;. The molecule has 0 aliphatic heterocycles. The Morgan fingerprint density at radius 2 is 1.31 bits per heavy atom. The number of isocyanates is 1. The summed E-state index contributed by atoms with van der Waals surface area (Å²) in [4.78, 5) is 53.5. The molecule has 0 fully saturated rings. The molecule has 1 atom stereocenters. The molecule has 3 rings (SSSR count). The average Bonchev–Trinajstić information content (AvgIpc) is 3.10. The molecule has 0 spiro atoms. The van der Waals surface area contributed by atoms with E-state index in [9.17, 15) is 24.6 Å². The molecule has 0 saturated carbocycles. The molecular weight excluding hydrogens is 852 g/mol. The van der Waals surface area contributed by atoms with Crippen LogP contribution in [0.25, 0.3) is 0 Å². The van der Waals surface area contributed by atoms with Gasteiger partial charge in [-0.3, -0.25) is 10.6 Å². The van der Waals surface area contributed by atoms with E-state index in [0.29, 0.717) is 39.6 Å². The van der Waals surface area contributed by atoms with Crippen LogP contribution in [-0.4, -0.2) is 76.0 Å². The maximum absolute atomic E-state index is 13.1. The minimum Gasteiger partial charge on any atom is -0.448 e. The third kappa shape index (κ3) is 17.3. The van der Waals surface area contributed by atoms with Gasteiger partial charge in [-0.2, -0.15) is 4.99 Å². The molecule has 16 nitrogen and oxygen atoms in total. The maximum atomic E-state index is 13.1. The number of aliphatic imine (C=N–C) groups is 2. The summed E-state index contributed by atoms with van der Waals surface area (Å²) >= 11 is 0. The molecule has 3 aromatic rings. The zero-order chi connectivity index (χ0) is 37.8. The smallest absolute Gasteiger partial charge is 0.411 e. The number of nitrogens with one attached hydrogen (secondary N) is 5. The summed E-state index contributed by atoms with van der Waals surface area (Å²) in [5.74, 6) is 0. The number of hydrogen-bond acceptors (Lipinski definition) is 14. The van der Waals surface area contributed by atoms with Crippen molar-refractivity contribution in [2.24, 2.45) is 15.4 Å². The maximum Gasteiger partial charge on any atom is 0.411 e. The average molecular weight is 902 g/mol. The van der Waals surface area contributed by atoms with Gasteiger partial charge in [0.25, 0.3) is 0 Å². The number of anilines is 4. The molecule has 288 valence electrons. The zero-order valence-electron chi connectivity index (χ0n) is 30.4. The van der Waals surface area contributed by atoms with Crippen molar-refractivity contribution < 1.29 is 109 Å². The first-order valence-corrected chi connectivity index (χ1v) is 15.4. The topological polar surface area (TPSA) is 213 Å². The first kappa shape index (κ1) is 52.5. The number of aliphatic hydroxyl groups is 2. The van der Waals surface area contributed by atoms with E-state index in [1.54, 1.807) is 50.4 Å². The molecule has 18 heteroatoms. The van der Waals surface area contributed by atoms with Gasteiger partial charge in [-0.15, -0.1) is 4.99 Å². The van der Waals surface area contributed by atoms with E-state index in [1.165, 1.54) is 19.3 Å². The Kier molecular flexibility index (Phi) is 27.2. The van der Waals surface area contributed by atoms with Crippen LogP contribution in [0.15, 0.2) is 76.9 Å². The van der Waals surface area contributed by atoms with Gasteiger partial charge in [0.15, 0.2) is 0 Å². The van der Waals surface area contributed by atoms with Crippen molar-refractivity contribution in [3.63, 3.8) is 0 Å². The molecule has 0 aliphatic rings. The van der Waals surface area contributed by atoms with E-state index in [0.717, 1.165) is 11.1 Å². The van der Waals surface area contributed by atoms with Crippen LogP contribution < -0.4 is 26.7 Å². The van der Waals surface area contributed by atoms with Gasteiger partial charge in [0.2, 0.25) is 6.08 Å². The van der Waals surface area contributed by atoms with Gasteiger partial charge < -0.3 is 35.3 Å². The zero-order valence-corrected chi connectivity index (χ0v) is 36.1. The molecular formula is C36H49N7O9Y2. The van der Waals surface area contributed by atoms with Gasteiger partial charge in [0.05, 0.1) is 18.2 Å². The summed E-state index contributed by atoms with van der Waals surface area (Å²) in [5, 5.41) is 29.7. The van der Waals surface area contributed by atoms with Crippen LogP contribution in [0.4, 0.5) is 38.0 Å². The monoisotopic (exact) mass is 901 g/mol. The number of hydrogen-bond donors (Lipinski definition) is 7. The van der Waals surface area contributed by atoms with Gasteiger partial charge in [-0.1, -0.05) is 38.3 Å². The van der Waals surface area contributed by atoms with Crippen LogP contribution in [-0.2, 0) is 96.0 Å². The first-order chi connectivity index (χ1) is 24.4. The minimum absolute atomic E-state index is 0. The van der Waals surface area contributed by atoms with Crippen molar-refractivity contribution in [3.8, 4) is 0 Å². The number of aliphatic hydroxyl groups excluding tert-OH is 2. The second kappa shape index (κ2) is 27.9. The first-order valence-electron chi connectivity index (χ1n) is 15.4. The minimum atomic E-state index is -1.35. The number of aryl methyl sites for hydroxylation is 3. The molecule has 7 N–H and O–H groups in total. The molecule has 2 amide bonds. The number of rotatable bonds is 17. The van der Waals surface area contributed by atoms with Gasteiger partial charge in [-0.05, 0) is 86.5 Å². The second-order valence-electron chi connectivity index (χ2n) is 11.1. The van der Waals surface area contributed by atoms with Crippen molar-refractivity contribution in [1.29, 1.82) is 0 Å². The van der Waals surface area contributed by atoms with E-state index in [-0.39, 0.29) is 112 Å². The predicted octanol–water partition coefficient (Wildman–Crippen LogP) is 5.87. The quantitative estimate of drug-likeness (QED) is 0.0279. The molecule has 54 heavy (non-hydrogen) atoms. The van der Waals surface area contributed by atoms with Gasteiger partial charge in [-0.25, -0.2) is 24.8 Å². The van der Waals surface area contributed by atoms with E-state index >= 15 is 0 Å². The Morgan fingerprint density at radius 3 is 1.81 bits per heavy atom. The predicted molar refractivity (Wildman–Crippen MR) is 201 cm³/mol. The van der Waals surface area contributed by atoms with E-state index in [1.807, 2.05) is 26.0 Å². The fraction of sp³-hybridized carbons (Fsp3) is 0.333. The molecule has 0 saturated heterocycles. The Bertz CT molecular complexity index is 1710. The number of carbonyl (C=O) groups excluding carboxylic acids is 3. The van der Waals surface area contributed by atoms with Crippen LogP contribution in [0.3, 0.4) is 0 Å². The van der Waals surface area contributed by atoms with Crippen molar-refractivity contribution in [2.45, 2.75) is 34.6 Å². The normalized spacial score (nSPS) is 10.6. The summed E-state index contributed by atoms with van der Waals surface area (Å²) in [6.07, 6.45) is -0.0956. The number of hydroxylamine groups is 1. The van der Waals surface area contributed by atoms with Crippen molar-refractivity contribution >= 4 is 53.4 Å². The van der Waals surface area contributed by atoms with Crippen molar-refractivity contribution in [1.82, 2.24) is 5.48 Å². The fourth-order valence-corrected chi connectivity index (χ4v) is 4.62.